The predicted octanol–water partition coefficient (Wildman–Crippen LogP) is 3.91. The summed E-state index contributed by atoms with van der Waals surface area (Å²) in [5, 5.41) is 4.18. The zero-order valence-corrected chi connectivity index (χ0v) is 16.4. The molecule has 1 aliphatic heterocycles. The van der Waals surface area contributed by atoms with Gasteiger partial charge in [-0.05, 0) is 67.7 Å². The van der Waals surface area contributed by atoms with Crippen LogP contribution in [0.25, 0.3) is 0 Å². The van der Waals surface area contributed by atoms with E-state index in [9.17, 15) is 0 Å². The smallest absolute Gasteiger partial charge is 0.174 e. The summed E-state index contributed by atoms with van der Waals surface area (Å²) in [7, 11) is 3.76. The molecule has 0 bridgehead atoms. The molecule has 0 radical (unpaired) electrons. The van der Waals surface area contributed by atoms with Crippen LogP contribution in [0.1, 0.15) is 29.2 Å². The fourth-order valence-electron chi connectivity index (χ4n) is 3.61. The van der Waals surface area contributed by atoms with E-state index in [0.29, 0.717) is 5.11 Å². The Balaban J connectivity index is 1.83. The molecule has 0 aliphatic carbocycles. The number of methoxy groups -OCH3 is 1. The number of hydrogen-bond donors (Lipinski definition) is 1. The number of nitrogens with zero attached hydrogens (tertiary/aromatic N) is 3. The van der Waals surface area contributed by atoms with E-state index in [2.05, 4.69) is 45.9 Å². The molecule has 1 aliphatic rings. The van der Waals surface area contributed by atoms with Crippen molar-refractivity contribution in [2.45, 2.75) is 19.0 Å². The molecule has 3 heterocycles. The highest BCUT2D eigenvalue weighted by Gasteiger charge is 2.41. The summed E-state index contributed by atoms with van der Waals surface area (Å²) in [5.41, 5.74) is 4.39. The van der Waals surface area contributed by atoms with Crippen molar-refractivity contribution < 1.29 is 4.74 Å². The van der Waals surface area contributed by atoms with Gasteiger partial charge in [0.25, 0.3) is 0 Å². The predicted molar refractivity (Wildman–Crippen MR) is 111 cm³/mol. The maximum atomic E-state index is 5.73. The maximum absolute atomic E-state index is 5.73. The fraction of sp³-hybridized carbons (Fsp3) is 0.238. The van der Waals surface area contributed by atoms with E-state index in [0.717, 1.165) is 17.1 Å². The lowest BCUT2D eigenvalue weighted by molar-refractivity contribution is 0.415. The highest BCUT2D eigenvalue weighted by atomic mass is 32.1. The Labute approximate surface area is 164 Å². The molecule has 1 saturated heterocycles. The second-order valence-corrected chi connectivity index (χ2v) is 7.04. The van der Waals surface area contributed by atoms with Gasteiger partial charge < -0.3 is 19.5 Å². The van der Waals surface area contributed by atoms with Crippen LogP contribution in [-0.4, -0.2) is 21.8 Å². The minimum absolute atomic E-state index is 0.000468. The van der Waals surface area contributed by atoms with Gasteiger partial charge in [0.15, 0.2) is 5.11 Å². The van der Waals surface area contributed by atoms with Crippen molar-refractivity contribution in [3.63, 3.8) is 0 Å². The van der Waals surface area contributed by atoms with Gasteiger partial charge in [-0.1, -0.05) is 6.07 Å². The average molecular weight is 379 g/mol. The molecule has 0 saturated carbocycles. The molecular weight excluding hydrogens is 356 g/mol. The summed E-state index contributed by atoms with van der Waals surface area (Å²) in [4.78, 5) is 6.75. The van der Waals surface area contributed by atoms with Crippen LogP contribution in [0, 0.1) is 6.92 Å². The Morgan fingerprint density at radius 2 is 1.85 bits per heavy atom. The number of anilines is 1. The molecule has 0 spiro atoms. The lowest BCUT2D eigenvalue weighted by atomic mass is 10.0. The first-order valence-corrected chi connectivity index (χ1v) is 9.28. The number of pyridine rings is 1. The second kappa shape index (κ2) is 7.04. The van der Waals surface area contributed by atoms with Crippen LogP contribution in [0.3, 0.4) is 0 Å². The van der Waals surface area contributed by atoms with Gasteiger partial charge in [-0.2, -0.15) is 0 Å². The monoisotopic (exact) mass is 378 g/mol. The van der Waals surface area contributed by atoms with E-state index >= 15 is 0 Å². The summed E-state index contributed by atoms with van der Waals surface area (Å²) in [6.07, 6.45) is 1.82. The second-order valence-electron chi connectivity index (χ2n) is 6.65. The zero-order chi connectivity index (χ0) is 19.0. The zero-order valence-electron chi connectivity index (χ0n) is 15.6. The van der Waals surface area contributed by atoms with Gasteiger partial charge in [-0.25, -0.2) is 0 Å². The van der Waals surface area contributed by atoms with Gasteiger partial charge in [0.05, 0.1) is 18.8 Å². The standard InChI is InChI=1S/C21H22N4OS/c1-14-7-12-18(24(14)2)20-19(17-6-4-5-13-22-17)23-21(27)25(20)15-8-10-16(26-3)11-9-15/h4-13,19-20H,1-3H3,(H,23,27)/t19-,20+/m1/s1. The van der Waals surface area contributed by atoms with Gasteiger partial charge >= 0.3 is 0 Å². The van der Waals surface area contributed by atoms with Gasteiger partial charge in [-0.15, -0.1) is 0 Å². The van der Waals surface area contributed by atoms with Crippen LogP contribution < -0.4 is 15.0 Å². The summed E-state index contributed by atoms with van der Waals surface area (Å²) in [6.45, 7) is 2.11. The van der Waals surface area contributed by atoms with Crippen LogP contribution in [0.5, 0.6) is 5.75 Å². The third-order valence-corrected chi connectivity index (χ3v) is 5.48. The first kappa shape index (κ1) is 17.5. The van der Waals surface area contributed by atoms with Gasteiger partial charge in [0, 0.05) is 30.3 Å². The normalized spacial score (nSPS) is 19.2. The number of benzene rings is 1. The van der Waals surface area contributed by atoms with Gasteiger partial charge in [0.1, 0.15) is 11.8 Å². The molecule has 1 aromatic carbocycles. The highest BCUT2D eigenvalue weighted by molar-refractivity contribution is 7.80. The fourth-order valence-corrected chi connectivity index (χ4v) is 3.95. The number of hydrogen-bond acceptors (Lipinski definition) is 3. The minimum Gasteiger partial charge on any atom is -0.497 e. The average Bonchev–Trinajstić information content (AvgIpc) is 3.22. The largest absolute Gasteiger partial charge is 0.497 e. The summed E-state index contributed by atoms with van der Waals surface area (Å²) in [5.74, 6) is 0.823. The minimum atomic E-state index is -0.0335. The molecule has 5 nitrogen and oxygen atoms in total. The van der Waals surface area contributed by atoms with Crippen molar-refractivity contribution >= 4 is 23.0 Å². The quantitative estimate of drug-likeness (QED) is 0.697. The molecule has 138 valence electrons. The maximum Gasteiger partial charge on any atom is 0.174 e. The SMILES string of the molecule is COc1ccc(N2C(=S)N[C@H](c3ccccn3)[C@@H]2c2ccc(C)n2C)cc1. The van der Waals surface area contributed by atoms with Crippen LogP contribution in [0.15, 0.2) is 60.8 Å². The van der Waals surface area contributed by atoms with Crippen molar-refractivity contribution in [1.82, 2.24) is 14.9 Å². The molecule has 1 N–H and O–H groups in total. The first-order chi connectivity index (χ1) is 13.1. The number of rotatable bonds is 4. The molecule has 2 atom stereocenters. The Hall–Kier alpha value is -2.86. The molecule has 3 aromatic rings. The van der Waals surface area contributed by atoms with E-state index in [-0.39, 0.29) is 12.1 Å². The number of thiocarbonyl (C=S) groups is 1. The van der Waals surface area contributed by atoms with Crippen LogP contribution in [-0.2, 0) is 7.05 Å². The van der Waals surface area contributed by atoms with Crippen molar-refractivity contribution in [2.75, 3.05) is 12.0 Å². The molecule has 0 amide bonds. The van der Waals surface area contributed by atoms with E-state index < -0.39 is 0 Å². The van der Waals surface area contributed by atoms with Crippen LogP contribution in [0.2, 0.25) is 0 Å². The van der Waals surface area contributed by atoms with Crippen molar-refractivity contribution in [3.05, 3.63) is 77.9 Å². The van der Waals surface area contributed by atoms with E-state index in [1.165, 1.54) is 11.4 Å². The molecule has 1 fully saturated rings. The lowest BCUT2D eigenvalue weighted by Gasteiger charge is -2.28. The summed E-state index contributed by atoms with van der Waals surface area (Å²) >= 11 is 5.73. The van der Waals surface area contributed by atoms with E-state index in [4.69, 9.17) is 17.0 Å². The van der Waals surface area contributed by atoms with Gasteiger partial charge in [-0.3, -0.25) is 4.98 Å². The highest BCUT2D eigenvalue weighted by Crippen LogP contribution is 2.41. The molecule has 27 heavy (non-hydrogen) atoms. The molecule has 2 aromatic heterocycles. The Morgan fingerprint density at radius 1 is 1.07 bits per heavy atom. The number of aryl methyl sites for hydroxylation is 1. The van der Waals surface area contributed by atoms with Crippen molar-refractivity contribution in [2.24, 2.45) is 7.05 Å². The van der Waals surface area contributed by atoms with Gasteiger partial charge in [0.2, 0.25) is 0 Å². The Kier molecular flexibility index (Phi) is 4.58. The van der Waals surface area contributed by atoms with Crippen LogP contribution in [0.4, 0.5) is 5.69 Å². The Bertz CT molecular complexity index is 952. The van der Waals surface area contributed by atoms with Crippen molar-refractivity contribution in [1.29, 1.82) is 0 Å². The Morgan fingerprint density at radius 3 is 2.44 bits per heavy atom. The number of ether oxygens (including phenoxy) is 1. The molecule has 4 rings (SSSR count). The molecule has 6 heteroatoms. The molecule has 0 unspecified atom stereocenters. The topological polar surface area (TPSA) is 42.3 Å². The number of aromatic nitrogens is 2. The van der Waals surface area contributed by atoms with Crippen molar-refractivity contribution in [3.8, 4) is 5.75 Å². The third-order valence-electron chi connectivity index (χ3n) is 5.16. The molecular formula is C21H22N4OS. The lowest BCUT2D eigenvalue weighted by Crippen LogP contribution is -2.30. The summed E-state index contributed by atoms with van der Waals surface area (Å²) < 4.78 is 7.52. The summed E-state index contributed by atoms with van der Waals surface area (Å²) in [6, 6.07) is 18.2. The van der Waals surface area contributed by atoms with Crippen LogP contribution >= 0.6 is 12.2 Å². The third kappa shape index (κ3) is 3.06. The van der Waals surface area contributed by atoms with E-state index in [1.807, 2.05) is 48.7 Å². The first-order valence-electron chi connectivity index (χ1n) is 8.87. The number of nitrogens with one attached hydrogen (secondary N) is 1. The van der Waals surface area contributed by atoms with E-state index in [1.54, 1.807) is 7.11 Å².